The molecule has 0 fully saturated rings. The van der Waals surface area contributed by atoms with E-state index >= 15 is 0 Å². The Morgan fingerprint density at radius 3 is 0.480 bits per heavy atom. The summed E-state index contributed by atoms with van der Waals surface area (Å²) >= 11 is 0. The molecule has 0 aromatic rings. The molecule has 0 aliphatic carbocycles. The van der Waals surface area contributed by atoms with Gasteiger partial charge in [-0.1, -0.05) is 0 Å². The van der Waals surface area contributed by atoms with Gasteiger partial charge in [0.15, 0.2) is 30.4 Å². The SMILES string of the molecule is O=S(=O)([O-])C(F)(F)F.O=S(=O)([O-])C(F)(F)F.O=S(=O)([O-])C(F)(F)F.[V]. The zero-order valence-corrected chi connectivity index (χ0v) is 14.1. The maximum absolute atomic E-state index is 10.7. The Labute approximate surface area is 144 Å². The predicted octanol–water partition coefficient (Wildman–Crippen LogP) is 0.152. The van der Waals surface area contributed by atoms with E-state index in [4.69, 9.17) is 38.9 Å². The maximum atomic E-state index is 10.7. The summed E-state index contributed by atoms with van der Waals surface area (Å²) in [5.74, 6) is 0. The van der Waals surface area contributed by atoms with Crippen LogP contribution in [0.4, 0.5) is 39.5 Å². The van der Waals surface area contributed by atoms with E-state index in [9.17, 15) is 39.5 Å². The van der Waals surface area contributed by atoms with Crippen LogP contribution in [0.25, 0.3) is 0 Å². The first kappa shape index (κ1) is 32.4. The summed E-state index contributed by atoms with van der Waals surface area (Å²) in [4.78, 5) is 0. The first-order valence-electron chi connectivity index (χ1n) is 3.81. The molecule has 0 rings (SSSR count). The van der Waals surface area contributed by atoms with Gasteiger partial charge in [-0.05, 0) is 0 Å². The van der Waals surface area contributed by atoms with Gasteiger partial charge in [-0.2, -0.15) is 39.5 Å². The smallest absolute Gasteiger partial charge is 0.485 e. The van der Waals surface area contributed by atoms with Crippen LogP contribution in [0.5, 0.6) is 0 Å². The summed E-state index contributed by atoms with van der Waals surface area (Å²) in [5.41, 5.74) is -16.9. The van der Waals surface area contributed by atoms with Gasteiger partial charge in [0.1, 0.15) is 0 Å². The van der Waals surface area contributed by atoms with Gasteiger partial charge in [0, 0.05) is 18.6 Å². The van der Waals surface area contributed by atoms with E-state index in [0.717, 1.165) is 0 Å². The molecule has 9 nitrogen and oxygen atoms in total. The fraction of sp³-hybridized carbons (Fsp3) is 1.00. The molecule has 0 aromatic heterocycles. The summed E-state index contributed by atoms with van der Waals surface area (Å²) in [7, 11) is -18.3. The van der Waals surface area contributed by atoms with E-state index in [1.165, 1.54) is 0 Å². The third kappa shape index (κ3) is 15.6. The fourth-order valence-electron chi connectivity index (χ4n) is 0. The molecule has 1 radical (unpaired) electrons. The topological polar surface area (TPSA) is 172 Å². The van der Waals surface area contributed by atoms with Crippen molar-refractivity contribution in [1.82, 2.24) is 0 Å². The Kier molecular flexibility index (Phi) is 12.4. The molecule has 0 heterocycles. The van der Waals surface area contributed by atoms with Gasteiger partial charge in [-0.25, -0.2) is 25.3 Å². The molecular weight excluding hydrogens is 498 g/mol. The van der Waals surface area contributed by atoms with Gasteiger partial charge < -0.3 is 13.7 Å². The molecular formula is C3F9O9S3V-3. The van der Waals surface area contributed by atoms with Crippen LogP contribution in [0.3, 0.4) is 0 Å². The molecule has 0 aliphatic heterocycles. The van der Waals surface area contributed by atoms with Gasteiger partial charge >= 0.3 is 16.5 Å². The number of alkyl halides is 9. The molecule has 0 saturated carbocycles. The van der Waals surface area contributed by atoms with E-state index in [0.29, 0.717) is 0 Å². The summed E-state index contributed by atoms with van der Waals surface area (Å²) in [6.07, 6.45) is 0. The number of hydrogen-bond donors (Lipinski definition) is 0. The molecule has 0 unspecified atom stereocenters. The quantitative estimate of drug-likeness (QED) is 0.256. The third-order valence-corrected chi connectivity index (χ3v) is 2.55. The Morgan fingerprint density at radius 1 is 0.440 bits per heavy atom. The van der Waals surface area contributed by atoms with Crippen LogP contribution in [0.15, 0.2) is 0 Å². The Balaban J connectivity index is -0.000000130. The van der Waals surface area contributed by atoms with Gasteiger partial charge in [-0.3, -0.25) is 0 Å². The van der Waals surface area contributed by atoms with Crippen molar-refractivity contribution in [3.63, 3.8) is 0 Å². The van der Waals surface area contributed by atoms with Gasteiger partial charge in [-0.15, -0.1) is 0 Å². The summed E-state index contributed by atoms with van der Waals surface area (Å²) in [5, 5.41) is 0. The van der Waals surface area contributed by atoms with Crippen molar-refractivity contribution in [3.8, 4) is 0 Å². The molecule has 155 valence electrons. The average Bonchev–Trinajstić information content (AvgIpc) is 2.08. The van der Waals surface area contributed by atoms with Crippen molar-refractivity contribution >= 4 is 30.4 Å². The molecule has 0 N–H and O–H groups in total. The van der Waals surface area contributed by atoms with Crippen molar-refractivity contribution in [1.29, 1.82) is 0 Å². The summed E-state index contributed by atoms with van der Waals surface area (Å²) < 4.78 is 177. The fourth-order valence-corrected chi connectivity index (χ4v) is 0. The monoisotopic (exact) mass is 498 g/mol. The zero-order valence-electron chi connectivity index (χ0n) is 10.2. The van der Waals surface area contributed by atoms with Crippen LogP contribution in [0.1, 0.15) is 0 Å². The van der Waals surface area contributed by atoms with Crippen molar-refractivity contribution in [2.75, 3.05) is 0 Å². The Morgan fingerprint density at radius 2 is 0.480 bits per heavy atom. The van der Waals surface area contributed by atoms with Crippen LogP contribution in [-0.2, 0) is 48.9 Å². The van der Waals surface area contributed by atoms with Crippen LogP contribution in [-0.4, -0.2) is 55.4 Å². The number of rotatable bonds is 0. The molecule has 25 heavy (non-hydrogen) atoms. The standard InChI is InChI=1S/3CHF3O3S.V/c3*2-1(3,4)8(5,6)7;/h3*(H,5,6,7);/p-3. The van der Waals surface area contributed by atoms with Crippen LogP contribution >= 0.6 is 0 Å². The maximum Gasteiger partial charge on any atom is 0.485 e. The number of halogens is 9. The van der Waals surface area contributed by atoms with Crippen LogP contribution < -0.4 is 0 Å². The Hall–Kier alpha value is -0.316. The van der Waals surface area contributed by atoms with Gasteiger partial charge in [0.2, 0.25) is 0 Å². The molecule has 22 heteroatoms. The molecule has 0 saturated heterocycles. The minimum absolute atomic E-state index is 0. The van der Waals surface area contributed by atoms with Gasteiger partial charge in [0.05, 0.1) is 0 Å². The zero-order chi connectivity index (χ0) is 21.0. The summed E-state index contributed by atoms with van der Waals surface area (Å²) in [6.45, 7) is 0. The van der Waals surface area contributed by atoms with Crippen molar-refractivity contribution in [2.24, 2.45) is 0 Å². The first-order valence-corrected chi connectivity index (χ1v) is 8.04. The molecule has 0 aliphatic rings. The van der Waals surface area contributed by atoms with Crippen LogP contribution in [0.2, 0.25) is 0 Å². The minimum atomic E-state index is -6.09. The van der Waals surface area contributed by atoms with Crippen molar-refractivity contribution < 1.29 is 97.0 Å². The largest absolute Gasteiger partial charge is 0.741 e. The second-order valence-electron chi connectivity index (χ2n) is 2.70. The van der Waals surface area contributed by atoms with Crippen molar-refractivity contribution in [2.45, 2.75) is 16.5 Å². The number of hydrogen-bond acceptors (Lipinski definition) is 9. The second kappa shape index (κ2) is 9.57. The van der Waals surface area contributed by atoms with Gasteiger partial charge in [0.25, 0.3) is 0 Å². The molecule has 0 spiro atoms. The average molecular weight is 498 g/mol. The first-order chi connectivity index (χ1) is 9.75. The molecule has 0 amide bonds. The van der Waals surface area contributed by atoms with E-state index in [-0.39, 0.29) is 18.6 Å². The summed E-state index contributed by atoms with van der Waals surface area (Å²) in [6, 6.07) is 0. The molecule has 0 aromatic carbocycles. The van der Waals surface area contributed by atoms with E-state index in [2.05, 4.69) is 0 Å². The predicted molar refractivity (Wildman–Crippen MR) is 47.3 cm³/mol. The molecule has 0 atom stereocenters. The van der Waals surface area contributed by atoms with E-state index in [1.807, 2.05) is 0 Å². The Bertz CT molecular complexity index is 596. The normalized spacial score (nSPS) is 13.4. The van der Waals surface area contributed by atoms with E-state index in [1.54, 1.807) is 0 Å². The molecule has 0 bridgehead atoms. The second-order valence-corrected chi connectivity index (χ2v) is 6.81. The van der Waals surface area contributed by atoms with Crippen molar-refractivity contribution in [3.05, 3.63) is 0 Å². The van der Waals surface area contributed by atoms with Crippen LogP contribution in [0, 0.1) is 0 Å². The minimum Gasteiger partial charge on any atom is -0.741 e. The van der Waals surface area contributed by atoms with E-state index < -0.39 is 46.9 Å². The third-order valence-electron chi connectivity index (χ3n) is 0.850.